The number of aromatic amines is 1. The minimum absolute atomic E-state index is 0.786. The summed E-state index contributed by atoms with van der Waals surface area (Å²) in [6.07, 6.45) is 5.66. The van der Waals surface area contributed by atoms with Crippen LogP contribution in [0.25, 0.3) is 10.9 Å². The molecule has 1 aliphatic heterocycles. The average Bonchev–Trinajstić information content (AvgIpc) is 3.04. The van der Waals surface area contributed by atoms with E-state index in [1.54, 1.807) is 6.20 Å². The number of hydrogen-bond acceptors (Lipinski definition) is 4. The second-order valence-corrected chi connectivity index (χ2v) is 4.83. The van der Waals surface area contributed by atoms with Crippen molar-refractivity contribution in [3.63, 3.8) is 0 Å². The molecule has 0 saturated heterocycles. The topological polar surface area (TPSA) is 75.8 Å². The Morgan fingerprint density at radius 3 is 3.16 bits per heavy atom. The molecule has 1 aliphatic rings. The van der Waals surface area contributed by atoms with Crippen LogP contribution in [0.3, 0.4) is 0 Å². The van der Waals surface area contributed by atoms with Gasteiger partial charge in [-0.15, -0.1) is 0 Å². The van der Waals surface area contributed by atoms with Crippen LogP contribution in [-0.4, -0.2) is 26.3 Å². The molecule has 6 heteroatoms. The minimum atomic E-state index is 0.786. The molecule has 1 aromatic carbocycles. The number of nitrogen functional groups attached to an aromatic ring is 1. The molecule has 0 fully saturated rings. The van der Waals surface area contributed by atoms with Gasteiger partial charge in [-0.2, -0.15) is 5.10 Å². The SMILES string of the molecule is Nc1cc2cn[nH]c2cc1N1CCn2ccnc2C1. The number of nitrogens with one attached hydrogen (secondary N) is 1. The van der Waals surface area contributed by atoms with Crippen molar-refractivity contribution in [3.05, 3.63) is 36.5 Å². The Kier molecular flexibility index (Phi) is 2.05. The zero-order chi connectivity index (χ0) is 12.8. The fourth-order valence-electron chi connectivity index (χ4n) is 2.65. The van der Waals surface area contributed by atoms with Crippen LogP contribution in [0.15, 0.2) is 30.7 Å². The molecule has 0 atom stereocenters. The van der Waals surface area contributed by atoms with E-state index in [4.69, 9.17) is 5.73 Å². The van der Waals surface area contributed by atoms with E-state index in [2.05, 4.69) is 30.7 Å². The number of hydrogen-bond donors (Lipinski definition) is 2. The Morgan fingerprint density at radius 2 is 2.21 bits per heavy atom. The van der Waals surface area contributed by atoms with Crippen molar-refractivity contribution in [2.75, 3.05) is 17.2 Å². The predicted octanol–water partition coefficient (Wildman–Crippen LogP) is 1.36. The van der Waals surface area contributed by atoms with Crippen molar-refractivity contribution in [2.24, 2.45) is 0 Å². The van der Waals surface area contributed by atoms with Crippen LogP contribution in [-0.2, 0) is 13.1 Å². The largest absolute Gasteiger partial charge is 0.397 e. The third-order valence-corrected chi connectivity index (χ3v) is 3.67. The number of fused-ring (bicyclic) bond motifs is 2. The standard InChI is InChI=1S/C13H14N6/c14-10-5-9-7-16-17-11(9)6-12(10)19-4-3-18-2-1-15-13(18)8-19/h1-2,5-7H,3-4,8,14H2,(H,16,17). The number of aromatic nitrogens is 4. The quantitative estimate of drug-likeness (QED) is 0.643. The van der Waals surface area contributed by atoms with Crippen LogP contribution in [0.2, 0.25) is 0 Å². The van der Waals surface area contributed by atoms with Gasteiger partial charge in [0.1, 0.15) is 5.82 Å². The van der Waals surface area contributed by atoms with Crippen LogP contribution < -0.4 is 10.6 Å². The molecule has 0 amide bonds. The van der Waals surface area contributed by atoms with E-state index in [1.807, 2.05) is 18.5 Å². The van der Waals surface area contributed by atoms with E-state index >= 15 is 0 Å². The first-order valence-corrected chi connectivity index (χ1v) is 6.29. The monoisotopic (exact) mass is 254 g/mol. The number of imidazole rings is 1. The first-order chi connectivity index (χ1) is 9.31. The summed E-state index contributed by atoms with van der Waals surface area (Å²) in [6.45, 7) is 2.67. The highest BCUT2D eigenvalue weighted by atomic mass is 15.2. The Labute approximate surface area is 109 Å². The van der Waals surface area contributed by atoms with E-state index in [0.717, 1.165) is 47.7 Å². The van der Waals surface area contributed by atoms with Crippen molar-refractivity contribution in [1.82, 2.24) is 19.7 Å². The lowest BCUT2D eigenvalue weighted by Gasteiger charge is -2.30. The van der Waals surface area contributed by atoms with Crippen molar-refractivity contribution in [2.45, 2.75) is 13.1 Å². The highest BCUT2D eigenvalue weighted by molar-refractivity contribution is 5.88. The van der Waals surface area contributed by atoms with Crippen LogP contribution in [0.4, 0.5) is 11.4 Å². The summed E-state index contributed by atoms with van der Waals surface area (Å²) in [4.78, 5) is 6.64. The lowest BCUT2D eigenvalue weighted by Crippen LogP contribution is -2.34. The van der Waals surface area contributed by atoms with Crippen LogP contribution in [0, 0.1) is 0 Å². The highest BCUT2D eigenvalue weighted by Crippen LogP contribution is 2.30. The van der Waals surface area contributed by atoms with Gasteiger partial charge >= 0.3 is 0 Å². The average molecular weight is 254 g/mol. The molecular weight excluding hydrogens is 240 g/mol. The highest BCUT2D eigenvalue weighted by Gasteiger charge is 2.19. The zero-order valence-electron chi connectivity index (χ0n) is 10.4. The van der Waals surface area contributed by atoms with Gasteiger partial charge in [0, 0.05) is 30.9 Å². The zero-order valence-corrected chi connectivity index (χ0v) is 10.4. The van der Waals surface area contributed by atoms with E-state index in [9.17, 15) is 0 Å². The fourth-order valence-corrected chi connectivity index (χ4v) is 2.65. The predicted molar refractivity (Wildman–Crippen MR) is 73.8 cm³/mol. The second-order valence-electron chi connectivity index (χ2n) is 4.83. The molecule has 0 aliphatic carbocycles. The summed E-state index contributed by atoms with van der Waals surface area (Å²) < 4.78 is 2.18. The molecule has 0 saturated carbocycles. The van der Waals surface area contributed by atoms with Gasteiger partial charge < -0.3 is 15.2 Å². The first kappa shape index (κ1) is 10.4. The van der Waals surface area contributed by atoms with Crippen molar-refractivity contribution in [1.29, 1.82) is 0 Å². The van der Waals surface area contributed by atoms with Crippen molar-refractivity contribution < 1.29 is 0 Å². The molecular formula is C13H14N6. The normalized spacial score (nSPS) is 14.8. The number of rotatable bonds is 1. The van der Waals surface area contributed by atoms with E-state index < -0.39 is 0 Å². The van der Waals surface area contributed by atoms with Gasteiger partial charge in [-0.1, -0.05) is 0 Å². The maximum Gasteiger partial charge on any atom is 0.128 e. The summed E-state index contributed by atoms with van der Waals surface area (Å²) in [5.74, 6) is 1.08. The van der Waals surface area contributed by atoms with Gasteiger partial charge in [-0.05, 0) is 12.1 Å². The van der Waals surface area contributed by atoms with Crippen molar-refractivity contribution in [3.8, 4) is 0 Å². The first-order valence-electron chi connectivity index (χ1n) is 6.29. The number of nitrogens with zero attached hydrogens (tertiary/aromatic N) is 4. The molecule has 96 valence electrons. The molecule has 0 radical (unpaired) electrons. The lowest BCUT2D eigenvalue weighted by atomic mass is 10.1. The summed E-state index contributed by atoms with van der Waals surface area (Å²) >= 11 is 0. The number of nitrogens with two attached hydrogens (primary N) is 1. The summed E-state index contributed by atoms with van der Waals surface area (Å²) in [6, 6.07) is 4.03. The van der Waals surface area contributed by atoms with E-state index in [1.165, 1.54) is 0 Å². The maximum absolute atomic E-state index is 6.16. The Bertz CT molecular complexity index is 741. The third-order valence-electron chi connectivity index (χ3n) is 3.67. The number of H-pyrrole nitrogens is 1. The molecule has 19 heavy (non-hydrogen) atoms. The van der Waals surface area contributed by atoms with Crippen LogP contribution >= 0.6 is 0 Å². The van der Waals surface area contributed by atoms with Gasteiger partial charge in [0.15, 0.2) is 0 Å². The summed E-state index contributed by atoms with van der Waals surface area (Å²) in [5.41, 5.74) is 9.01. The van der Waals surface area contributed by atoms with Gasteiger partial charge in [0.2, 0.25) is 0 Å². The van der Waals surface area contributed by atoms with E-state index in [-0.39, 0.29) is 0 Å². The molecule has 4 rings (SSSR count). The van der Waals surface area contributed by atoms with E-state index in [0.29, 0.717) is 0 Å². The molecule has 2 aromatic heterocycles. The van der Waals surface area contributed by atoms with Crippen LogP contribution in [0.5, 0.6) is 0 Å². The third kappa shape index (κ3) is 1.56. The molecule has 0 unspecified atom stereocenters. The molecule has 0 spiro atoms. The fraction of sp³-hybridized carbons (Fsp3) is 0.231. The summed E-state index contributed by atoms with van der Waals surface area (Å²) in [5, 5.41) is 8.07. The maximum atomic E-state index is 6.16. The van der Waals surface area contributed by atoms with Crippen molar-refractivity contribution >= 4 is 22.3 Å². The van der Waals surface area contributed by atoms with Gasteiger partial charge in [-0.3, -0.25) is 5.10 Å². The number of benzene rings is 1. The van der Waals surface area contributed by atoms with Crippen LogP contribution in [0.1, 0.15) is 5.82 Å². The molecule has 0 bridgehead atoms. The molecule has 3 heterocycles. The second kappa shape index (κ2) is 3.74. The lowest BCUT2D eigenvalue weighted by molar-refractivity contribution is 0.560. The molecule has 3 aromatic rings. The Balaban J connectivity index is 1.76. The van der Waals surface area contributed by atoms with Gasteiger partial charge in [-0.25, -0.2) is 4.98 Å². The Morgan fingerprint density at radius 1 is 1.26 bits per heavy atom. The molecule has 3 N–H and O–H groups in total. The Hall–Kier alpha value is -2.50. The van der Waals surface area contributed by atoms with Gasteiger partial charge in [0.25, 0.3) is 0 Å². The van der Waals surface area contributed by atoms with Gasteiger partial charge in [0.05, 0.1) is 29.6 Å². The minimum Gasteiger partial charge on any atom is -0.397 e. The smallest absolute Gasteiger partial charge is 0.128 e. The summed E-state index contributed by atoms with van der Waals surface area (Å²) in [7, 11) is 0. The molecule has 6 nitrogen and oxygen atoms in total. The number of anilines is 2.